The molecule has 0 aromatic heterocycles. The van der Waals surface area contributed by atoms with Gasteiger partial charge in [0.1, 0.15) is 0 Å². The average Bonchev–Trinajstić information content (AvgIpc) is 2.69. The Balaban J connectivity index is 2.61. The number of aryl methyl sites for hydroxylation is 6. The van der Waals surface area contributed by atoms with Crippen LogP contribution in [0.1, 0.15) is 66.8 Å². The molecule has 0 aliphatic carbocycles. The van der Waals surface area contributed by atoms with Gasteiger partial charge in [-0.15, -0.1) is 0 Å². The standard InChI is InChI=1S/C30H39P/c1-16-13-17(2)23(8)28(22(16)7)31(29-24(9)18(3)14-19(4)25(29)10)30-26(11)20(5)15-21(6)27(30)12/h13-15H,1-12H3. The first-order valence-electron chi connectivity index (χ1n) is 11.4. The zero-order chi connectivity index (χ0) is 23.4. The summed E-state index contributed by atoms with van der Waals surface area (Å²) in [5, 5.41) is 4.71. The van der Waals surface area contributed by atoms with Crippen LogP contribution in [-0.4, -0.2) is 0 Å². The van der Waals surface area contributed by atoms with Crippen LogP contribution >= 0.6 is 7.92 Å². The highest BCUT2D eigenvalue weighted by molar-refractivity contribution is 7.80. The molecule has 31 heavy (non-hydrogen) atoms. The van der Waals surface area contributed by atoms with E-state index in [1.165, 1.54) is 66.8 Å². The lowest BCUT2D eigenvalue weighted by Crippen LogP contribution is -2.32. The topological polar surface area (TPSA) is 0 Å². The zero-order valence-electron chi connectivity index (χ0n) is 21.7. The van der Waals surface area contributed by atoms with Crippen LogP contribution in [0.4, 0.5) is 0 Å². The van der Waals surface area contributed by atoms with Crippen LogP contribution in [0.25, 0.3) is 0 Å². The SMILES string of the molecule is Cc1cc(C)c(C)c(P(c2c(C)c(C)cc(C)c2C)c2c(C)c(C)cc(C)c2C)c1C. The predicted molar refractivity (Wildman–Crippen MR) is 142 cm³/mol. The minimum atomic E-state index is -0.668. The van der Waals surface area contributed by atoms with Gasteiger partial charge in [-0.2, -0.15) is 0 Å². The Hall–Kier alpha value is -1.91. The number of rotatable bonds is 3. The zero-order valence-corrected chi connectivity index (χ0v) is 22.6. The molecule has 0 saturated heterocycles. The molecular formula is C30H39P. The van der Waals surface area contributed by atoms with Crippen LogP contribution in [-0.2, 0) is 0 Å². The van der Waals surface area contributed by atoms with Gasteiger partial charge in [-0.1, -0.05) is 18.2 Å². The Morgan fingerprint density at radius 1 is 0.323 bits per heavy atom. The summed E-state index contributed by atoms with van der Waals surface area (Å²) in [6, 6.07) is 7.10. The summed E-state index contributed by atoms with van der Waals surface area (Å²) in [4.78, 5) is 0. The summed E-state index contributed by atoms with van der Waals surface area (Å²) in [5.74, 6) is 0. The summed E-state index contributed by atoms with van der Waals surface area (Å²) < 4.78 is 0. The van der Waals surface area contributed by atoms with Crippen molar-refractivity contribution in [3.05, 3.63) is 85.0 Å². The van der Waals surface area contributed by atoms with Crippen molar-refractivity contribution in [1.29, 1.82) is 0 Å². The van der Waals surface area contributed by atoms with Crippen LogP contribution in [0.2, 0.25) is 0 Å². The molecule has 0 atom stereocenters. The van der Waals surface area contributed by atoms with Crippen molar-refractivity contribution in [1.82, 2.24) is 0 Å². The maximum absolute atomic E-state index is 2.37. The molecule has 3 aromatic rings. The molecule has 1 heteroatoms. The Labute approximate surface area is 191 Å². The van der Waals surface area contributed by atoms with Gasteiger partial charge < -0.3 is 0 Å². The third kappa shape index (κ3) is 3.89. The normalized spacial score (nSPS) is 11.5. The fraction of sp³-hybridized carbons (Fsp3) is 0.400. The van der Waals surface area contributed by atoms with Crippen LogP contribution in [0.3, 0.4) is 0 Å². The van der Waals surface area contributed by atoms with Gasteiger partial charge in [0.2, 0.25) is 0 Å². The highest BCUT2D eigenvalue weighted by atomic mass is 31.1. The van der Waals surface area contributed by atoms with Gasteiger partial charge >= 0.3 is 0 Å². The molecule has 0 unspecified atom stereocenters. The maximum Gasteiger partial charge on any atom is -0.00870 e. The monoisotopic (exact) mass is 430 g/mol. The molecule has 3 rings (SSSR count). The molecule has 0 saturated carbocycles. The maximum atomic E-state index is 2.37. The summed E-state index contributed by atoms with van der Waals surface area (Å²) >= 11 is 0. The molecule has 0 bridgehead atoms. The second-order valence-corrected chi connectivity index (χ2v) is 11.7. The lowest BCUT2D eigenvalue weighted by Gasteiger charge is -2.32. The fourth-order valence-electron chi connectivity index (χ4n) is 4.93. The largest absolute Gasteiger partial charge is 0.0558 e. The Bertz CT molecular complexity index is 965. The van der Waals surface area contributed by atoms with Crippen LogP contribution in [0, 0.1) is 83.1 Å². The van der Waals surface area contributed by atoms with E-state index in [2.05, 4.69) is 101 Å². The molecule has 0 radical (unpaired) electrons. The summed E-state index contributed by atoms with van der Waals surface area (Å²) in [6.45, 7) is 27.7. The van der Waals surface area contributed by atoms with Crippen molar-refractivity contribution in [2.24, 2.45) is 0 Å². The Kier molecular flexibility index (Phi) is 6.55. The smallest absolute Gasteiger partial charge is 0.00870 e. The summed E-state index contributed by atoms with van der Waals surface area (Å²) in [6.07, 6.45) is 0. The average molecular weight is 431 g/mol. The van der Waals surface area contributed by atoms with Gasteiger partial charge in [0.25, 0.3) is 0 Å². The van der Waals surface area contributed by atoms with Crippen molar-refractivity contribution in [3.8, 4) is 0 Å². The van der Waals surface area contributed by atoms with E-state index in [1.54, 1.807) is 15.9 Å². The minimum Gasteiger partial charge on any atom is -0.0558 e. The van der Waals surface area contributed by atoms with E-state index in [1.807, 2.05) is 0 Å². The molecule has 0 nitrogen and oxygen atoms in total. The lowest BCUT2D eigenvalue weighted by molar-refractivity contribution is 1.25. The van der Waals surface area contributed by atoms with Gasteiger partial charge in [-0.25, -0.2) is 0 Å². The molecule has 0 N–H and O–H groups in total. The van der Waals surface area contributed by atoms with E-state index in [0.717, 1.165) is 0 Å². The van der Waals surface area contributed by atoms with Crippen molar-refractivity contribution in [2.45, 2.75) is 83.1 Å². The lowest BCUT2D eigenvalue weighted by atomic mass is 10.0. The van der Waals surface area contributed by atoms with Gasteiger partial charge in [0.15, 0.2) is 0 Å². The molecule has 0 fully saturated rings. The molecule has 0 heterocycles. The van der Waals surface area contributed by atoms with Crippen molar-refractivity contribution >= 4 is 23.8 Å². The molecule has 0 spiro atoms. The first-order valence-corrected chi connectivity index (χ1v) is 12.7. The minimum absolute atomic E-state index is 0.668. The number of hydrogen-bond acceptors (Lipinski definition) is 0. The van der Waals surface area contributed by atoms with Gasteiger partial charge in [0.05, 0.1) is 0 Å². The molecule has 0 amide bonds. The van der Waals surface area contributed by atoms with Crippen molar-refractivity contribution < 1.29 is 0 Å². The van der Waals surface area contributed by atoms with E-state index in [4.69, 9.17) is 0 Å². The summed E-state index contributed by atoms with van der Waals surface area (Å²) in [5.41, 5.74) is 17.2. The molecule has 164 valence electrons. The molecule has 3 aromatic carbocycles. The van der Waals surface area contributed by atoms with Gasteiger partial charge in [-0.05, 0) is 174 Å². The third-order valence-corrected chi connectivity index (χ3v) is 11.0. The van der Waals surface area contributed by atoms with E-state index >= 15 is 0 Å². The van der Waals surface area contributed by atoms with Crippen LogP contribution in [0.5, 0.6) is 0 Å². The quantitative estimate of drug-likeness (QED) is 0.387. The second-order valence-electron chi connectivity index (χ2n) is 9.66. The van der Waals surface area contributed by atoms with Crippen LogP contribution < -0.4 is 15.9 Å². The van der Waals surface area contributed by atoms with Crippen LogP contribution in [0.15, 0.2) is 18.2 Å². The first kappa shape index (κ1) is 23.7. The first-order chi connectivity index (χ1) is 14.4. The molecule has 0 aliphatic heterocycles. The second kappa shape index (κ2) is 8.55. The predicted octanol–water partition coefficient (Wildman–Crippen LogP) is 7.15. The Morgan fingerprint density at radius 2 is 0.484 bits per heavy atom. The number of benzene rings is 3. The van der Waals surface area contributed by atoms with E-state index in [0.29, 0.717) is 0 Å². The van der Waals surface area contributed by atoms with Crippen molar-refractivity contribution in [2.75, 3.05) is 0 Å². The van der Waals surface area contributed by atoms with E-state index < -0.39 is 7.92 Å². The number of hydrogen-bond donors (Lipinski definition) is 0. The Morgan fingerprint density at radius 3 is 0.645 bits per heavy atom. The highest BCUT2D eigenvalue weighted by Gasteiger charge is 2.29. The van der Waals surface area contributed by atoms with Gasteiger partial charge in [0, 0.05) is 0 Å². The molecule has 0 aliphatic rings. The van der Waals surface area contributed by atoms with Gasteiger partial charge in [-0.3, -0.25) is 0 Å². The fourth-order valence-corrected chi connectivity index (χ4v) is 8.67. The van der Waals surface area contributed by atoms with Crippen molar-refractivity contribution in [3.63, 3.8) is 0 Å². The third-order valence-electron chi connectivity index (χ3n) is 7.65. The summed E-state index contributed by atoms with van der Waals surface area (Å²) in [7, 11) is -0.668. The van der Waals surface area contributed by atoms with E-state index in [9.17, 15) is 0 Å². The highest BCUT2D eigenvalue weighted by Crippen LogP contribution is 2.43. The molecular weight excluding hydrogens is 391 g/mol. The van der Waals surface area contributed by atoms with E-state index in [-0.39, 0.29) is 0 Å².